The average molecular weight is 257 g/mol. The lowest BCUT2D eigenvalue weighted by atomic mass is 10.0. The summed E-state index contributed by atoms with van der Waals surface area (Å²) < 4.78 is 5.55. The Bertz CT molecular complexity index is 502. The number of rotatable bonds is 6. The van der Waals surface area contributed by atoms with Crippen LogP contribution in [0.5, 0.6) is 5.75 Å². The second kappa shape index (κ2) is 6.85. The third-order valence-electron chi connectivity index (χ3n) is 2.79. The number of nitrogens with one attached hydrogen (secondary N) is 1. The zero-order valence-corrected chi connectivity index (χ0v) is 11.3. The highest BCUT2D eigenvalue weighted by Crippen LogP contribution is 2.23. The molecule has 0 fully saturated rings. The number of hydrogen-bond donors (Lipinski definition) is 1. The van der Waals surface area contributed by atoms with Crippen LogP contribution < -0.4 is 10.1 Å². The SMILES string of the molecule is CCNC(c1cccc(OCC)c1)c1cnccn1. The van der Waals surface area contributed by atoms with Crippen molar-refractivity contribution in [3.05, 3.63) is 54.1 Å². The summed E-state index contributed by atoms with van der Waals surface area (Å²) in [5.41, 5.74) is 2.05. The van der Waals surface area contributed by atoms with Gasteiger partial charge in [-0.05, 0) is 31.2 Å². The van der Waals surface area contributed by atoms with Gasteiger partial charge in [-0.2, -0.15) is 0 Å². The molecule has 4 nitrogen and oxygen atoms in total. The molecule has 2 rings (SSSR count). The molecule has 1 N–H and O–H groups in total. The predicted molar refractivity (Wildman–Crippen MR) is 75.2 cm³/mol. The molecule has 19 heavy (non-hydrogen) atoms. The van der Waals surface area contributed by atoms with Gasteiger partial charge in [0.15, 0.2) is 0 Å². The zero-order valence-electron chi connectivity index (χ0n) is 11.3. The van der Waals surface area contributed by atoms with Crippen LogP contribution in [0.1, 0.15) is 31.1 Å². The highest BCUT2D eigenvalue weighted by Gasteiger charge is 2.14. The first-order chi connectivity index (χ1) is 9.35. The zero-order chi connectivity index (χ0) is 13.5. The van der Waals surface area contributed by atoms with Crippen LogP contribution in [0.15, 0.2) is 42.9 Å². The van der Waals surface area contributed by atoms with E-state index in [2.05, 4.69) is 28.3 Å². The molecule has 1 heterocycles. The molecule has 0 saturated heterocycles. The normalized spacial score (nSPS) is 12.1. The van der Waals surface area contributed by atoms with Gasteiger partial charge in [-0.3, -0.25) is 9.97 Å². The Morgan fingerprint density at radius 2 is 2.16 bits per heavy atom. The van der Waals surface area contributed by atoms with Crippen LogP contribution in [0.2, 0.25) is 0 Å². The summed E-state index contributed by atoms with van der Waals surface area (Å²) in [6, 6.07) is 8.13. The van der Waals surface area contributed by atoms with Gasteiger partial charge in [-0.25, -0.2) is 0 Å². The number of hydrogen-bond acceptors (Lipinski definition) is 4. The van der Waals surface area contributed by atoms with Crippen molar-refractivity contribution in [2.75, 3.05) is 13.2 Å². The molecule has 0 amide bonds. The second-order valence-corrected chi connectivity index (χ2v) is 4.13. The third-order valence-corrected chi connectivity index (χ3v) is 2.79. The summed E-state index contributed by atoms with van der Waals surface area (Å²) in [7, 11) is 0. The van der Waals surface area contributed by atoms with Crippen molar-refractivity contribution in [2.24, 2.45) is 0 Å². The first kappa shape index (κ1) is 13.5. The van der Waals surface area contributed by atoms with Crippen molar-refractivity contribution in [3.8, 4) is 5.75 Å². The maximum atomic E-state index is 5.55. The van der Waals surface area contributed by atoms with Gasteiger partial charge in [0, 0.05) is 12.4 Å². The fourth-order valence-electron chi connectivity index (χ4n) is 2.01. The standard InChI is InChI=1S/C15H19N3O/c1-3-17-15(14-11-16-8-9-18-14)12-6-5-7-13(10-12)19-4-2/h5-11,15,17H,3-4H2,1-2H3. The van der Waals surface area contributed by atoms with Crippen LogP contribution in [-0.2, 0) is 0 Å². The molecule has 1 unspecified atom stereocenters. The van der Waals surface area contributed by atoms with Crippen molar-refractivity contribution in [1.29, 1.82) is 0 Å². The van der Waals surface area contributed by atoms with Crippen molar-refractivity contribution in [3.63, 3.8) is 0 Å². The van der Waals surface area contributed by atoms with Gasteiger partial charge in [0.2, 0.25) is 0 Å². The molecule has 1 atom stereocenters. The molecule has 1 aromatic heterocycles. The minimum Gasteiger partial charge on any atom is -0.494 e. The van der Waals surface area contributed by atoms with Crippen molar-refractivity contribution >= 4 is 0 Å². The lowest BCUT2D eigenvalue weighted by Crippen LogP contribution is -2.23. The molecule has 0 aliphatic carbocycles. The van der Waals surface area contributed by atoms with E-state index in [0.29, 0.717) is 6.61 Å². The van der Waals surface area contributed by atoms with Gasteiger partial charge in [0.1, 0.15) is 5.75 Å². The van der Waals surface area contributed by atoms with Gasteiger partial charge >= 0.3 is 0 Å². The van der Waals surface area contributed by atoms with Crippen molar-refractivity contribution in [1.82, 2.24) is 15.3 Å². The second-order valence-electron chi connectivity index (χ2n) is 4.13. The van der Waals surface area contributed by atoms with E-state index in [1.54, 1.807) is 18.6 Å². The van der Waals surface area contributed by atoms with E-state index < -0.39 is 0 Å². The van der Waals surface area contributed by atoms with E-state index in [0.717, 1.165) is 23.6 Å². The fourth-order valence-corrected chi connectivity index (χ4v) is 2.01. The molecule has 4 heteroatoms. The first-order valence-corrected chi connectivity index (χ1v) is 6.57. The molecule has 0 aliphatic rings. The minimum atomic E-state index is 0.0408. The molecule has 100 valence electrons. The quantitative estimate of drug-likeness (QED) is 0.864. The van der Waals surface area contributed by atoms with Gasteiger partial charge < -0.3 is 10.1 Å². The maximum Gasteiger partial charge on any atom is 0.119 e. The van der Waals surface area contributed by atoms with E-state index in [9.17, 15) is 0 Å². The molecule has 2 aromatic rings. The number of benzene rings is 1. The van der Waals surface area contributed by atoms with E-state index in [1.165, 1.54) is 0 Å². The van der Waals surface area contributed by atoms with E-state index >= 15 is 0 Å². The molecular formula is C15H19N3O. The van der Waals surface area contributed by atoms with Crippen molar-refractivity contribution < 1.29 is 4.74 Å². The molecule has 0 aliphatic heterocycles. The highest BCUT2D eigenvalue weighted by molar-refractivity contribution is 5.34. The molecule has 1 aromatic carbocycles. The third kappa shape index (κ3) is 3.51. The topological polar surface area (TPSA) is 47.0 Å². The summed E-state index contributed by atoms with van der Waals surface area (Å²) in [4.78, 5) is 8.52. The van der Waals surface area contributed by atoms with Crippen LogP contribution in [0.25, 0.3) is 0 Å². The van der Waals surface area contributed by atoms with E-state index in [1.807, 2.05) is 25.1 Å². The average Bonchev–Trinajstić information content (AvgIpc) is 2.46. The smallest absolute Gasteiger partial charge is 0.119 e. The lowest BCUT2D eigenvalue weighted by molar-refractivity contribution is 0.339. The van der Waals surface area contributed by atoms with Crippen LogP contribution in [0.4, 0.5) is 0 Å². The summed E-state index contributed by atoms with van der Waals surface area (Å²) in [6.07, 6.45) is 5.19. The Morgan fingerprint density at radius 3 is 2.84 bits per heavy atom. The summed E-state index contributed by atoms with van der Waals surface area (Å²) >= 11 is 0. The summed E-state index contributed by atoms with van der Waals surface area (Å²) in [5.74, 6) is 0.881. The molecule has 0 bridgehead atoms. The van der Waals surface area contributed by atoms with E-state index in [4.69, 9.17) is 4.74 Å². The molecule has 0 radical (unpaired) electrons. The molecule has 0 spiro atoms. The number of aromatic nitrogens is 2. The van der Waals surface area contributed by atoms with Gasteiger partial charge in [-0.1, -0.05) is 19.1 Å². The largest absolute Gasteiger partial charge is 0.494 e. The maximum absolute atomic E-state index is 5.55. The van der Waals surface area contributed by atoms with Gasteiger partial charge in [-0.15, -0.1) is 0 Å². The number of ether oxygens (including phenoxy) is 1. The minimum absolute atomic E-state index is 0.0408. The van der Waals surface area contributed by atoms with Crippen LogP contribution >= 0.6 is 0 Å². The highest BCUT2D eigenvalue weighted by atomic mass is 16.5. The number of nitrogens with zero attached hydrogens (tertiary/aromatic N) is 2. The van der Waals surface area contributed by atoms with Crippen LogP contribution in [0.3, 0.4) is 0 Å². The Morgan fingerprint density at radius 1 is 1.26 bits per heavy atom. The Balaban J connectivity index is 2.31. The predicted octanol–water partition coefficient (Wildman–Crippen LogP) is 2.57. The van der Waals surface area contributed by atoms with Crippen molar-refractivity contribution in [2.45, 2.75) is 19.9 Å². The first-order valence-electron chi connectivity index (χ1n) is 6.57. The van der Waals surface area contributed by atoms with E-state index in [-0.39, 0.29) is 6.04 Å². The molecule has 0 saturated carbocycles. The Hall–Kier alpha value is -1.94. The lowest BCUT2D eigenvalue weighted by Gasteiger charge is -2.18. The van der Waals surface area contributed by atoms with Crippen LogP contribution in [-0.4, -0.2) is 23.1 Å². The Kier molecular flexibility index (Phi) is 4.86. The van der Waals surface area contributed by atoms with Crippen LogP contribution in [0, 0.1) is 0 Å². The van der Waals surface area contributed by atoms with Gasteiger partial charge in [0.05, 0.1) is 24.5 Å². The monoisotopic (exact) mass is 257 g/mol. The fraction of sp³-hybridized carbons (Fsp3) is 0.333. The molecular weight excluding hydrogens is 238 g/mol. The van der Waals surface area contributed by atoms with Gasteiger partial charge in [0.25, 0.3) is 0 Å². The summed E-state index contributed by atoms with van der Waals surface area (Å²) in [6.45, 7) is 5.59. The Labute approximate surface area is 113 Å². The summed E-state index contributed by atoms with van der Waals surface area (Å²) in [5, 5.41) is 3.43.